The third-order valence-corrected chi connectivity index (χ3v) is 13.1. The van der Waals surface area contributed by atoms with E-state index in [1.54, 1.807) is 0 Å². The Kier molecular flexibility index (Phi) is 54.8. The van der Waals surface area contributed by atoms with Crippen LogP contribution in [0.4, 0.5) is 0 Å². The first-order valence-electron chi connectivity index (χ1n) is 29.6. The Hall–Kier alpha value is -2.63. The average Bonchev–Trinajstić information content (AvgIpc) is 3.34. The van der Waals surface area contributed by atoms with E-state index in [1.165, 1.54) is 180 Å². The number of unbranched alkanes of at least 4 members (excludes halogenated alkanes) is 35. The van der Waals surface area contributed by atoms with Crippen LogP contribution in [0.1, 0.15) is 310 Å². The van der Waals surface area contributed by atoms with E-state index >= 15 is 0 Å². The number of hydrogen-bond acceptors (Lipinski definition) is 6. The van der Waals surface area contributed by atoms with Gasteiger partial charge in [0.1, 0.15) is 13.2 Å². The number of rotatable bonds is 54. The minimum absolute atomic E-state index is 0.0874. The molecule has 0 radical (unpaired) electrons. The van der Waals surface area contributed by atoms with Crippen LogP contribution in [-0.2, 0) is 28.6 Å². The zero-order valence-electron chi connectivity index (χ0n) is 45.4. The quantitative estimate of drug-likeness (QED) is 0.0262. The van der Waals surface area contributed by atoms with Crippen molar-refractivity contribution >= 4 is 17.9 Å². The van der Waals surface area contributed by atoms with Crippen molar-refractivity contribution in [3.8, 4) is 0 Å². The largest absolute Gasteiger partial charge is 0.462 e. The molecule has 0 aromatic rings. The smallest absolute Gasteiger partial charge is 0.306 e. The van der Waals surface area contributed by atoms with Gasteiger partial charge in [0.15, 0.2) is 6.10 Å². The molecule has 0 rings (SSSR count). The Labute approximate surface area is 422 Å². The molecule has 0 heterocycles. The van der Waals surface area contributed by atoms with Crippen LogP contribution in [0.2, 0.25) is 0 Å². The SMILES string of the molecule is CC/C=C\C/C=C\C/C=C\C/C=C\CCCCC(=O)OC(COC(=O)CCCCCCC)COC(=O)CCCCCCCCCCCCCCCCCCCCCCCCCCCCCCCC. The van der Waals surface area contributed by atoms with E-state index in [4.69, 9.17) is 14.2 Å². The van der Waals surface area contributed by atoms with E-state index < -0.39 is 6.10 Å². The molecule has 0 aliphatic heterocycles. The molecule has 0 N–H and O–H groups in total. The molecule has 1 atom stereocenters. The monoisotopic (exact) mass is 953 g/mol. The zero-order valence-corrected chi connectivity index (χ0v) is 45.4. The van der Waals surface area contributed by atoms with Crippen LogP contribution >= 0.6 is 0 Å². The van der Waals surface area contributed by atoms with Gasteiger partial charge in [-0.3, -0.25) is 14.4 Å². The molecule has 0 amide bonds. The van der Waals surface area contributed by atoms with Crippen LogP contribution in [0, 0.1) is 0 Å². The molecule has 0 fully saturated rings. The van der Waals surface area contributed by atoms with Gasteiger partial charge in [0, 0.05) is 19.3 Å². The van der Waals surface area contributed by atoms with Gasteiger partial charge in [0.25, 0.3) is 0 Å². The molecule has 1 unspecified atom stereocenters. The molecule has 0 saturated carbocycles. The van der Waals surface area contributed by atoms with Gasteiger partial charge in [-0.2, -0.15) is 0 Å². The third kappa shape index (κ3) is 54.3. The Morgan fingerprint density at radius 3 is 0.897 bits per heavy atom. The van der Waals surface area contributed by atoms with E-state index in [0.29, 0.717) is 19.3 Å². The predicted molar refractivity (Wildman–Crippen MR) is 293 cm³/mol. The van der Waals surface area contributed by atoms with Crippen LogP contribution in [0.3, 0.4) is 0 Å². The predicted octanol–water partition coefficient (Wildman–Crippen LogP) is 19.8. The lowest BCUT2D eigenvalue weighted by atomic mass is 10.0. The molecular weight excluding hydrogens is 841 g/mol. The summed E-state index contributed by atoms with van der Waals surface area (Å²) in [5, 5.41) is 0. The summed E-state index contributed by atoms with van der Waals surface area (Å²) in [6.45, 7) is 6.44. The van der Waals surface area contributed by atoms with E-state index in [-0.39, 0.29) is 37.5 Å². The van der Waals surface area contributed by atoms with Gasteiger partial charge in [-0.1, -0.05) is 281 Å². The minimum Gasteiger partial charge on any atom is -0.462 e. The molecule has 0 spiro atoms. The van der Waals surface area contributed by atoms with Crippen LogP contribution in [-0.4, -0.2) is 37.2 Å². The summed E-state index contributed by atoms with van der Waals surface area (Å²) in [5.74, 6) is -0.933. The summed E-state index contributed by atoms with van der Waals surface area (Å²) in [4.78, 5) is 37.7. The summed E-state index contributed by atoms with van der Waals surface area (Å²) in [6.07, 6.45) is 70.4. The number of esters is 3. The van der Waals surface area contributed by atoms with Crippen molar-refractivity contribution in [2.75, 3.05) is 13.2 Å². The number of carbonyl (C=O) groups excluding carboxylic acids is 3. The minimum atomic E-state index is -0.789. The summed E-state index contributed by atoms with van der Waals surface area (Å²) < 4.78 is 16.7. The molecule has 396 valence electrons. The van der Waals surface area contributed by atoms with Crippen molar-refractivity contribution in [1.82, 2.24) is 0 Å². The van der Waals surface area contributed by atoms with E-state index in [0.717, 1.165) is 83.5 Å². The zero-order chi connectivity index (χ0) is 49.3. The standard InChI is InChI=1S/C62H112O6/c1-4-7-10-13-15-17-19-21-23-24-25-26-27-28-29-30-31-32-33-34-35-36-37-39-40-42-44-46-49-52-55-61(64)67-58-59(57-66-60(63)54-51-48-12-9-6-3)68-62(65)56-53-50-47-45-43-41-38-22-20-18-16-14-11-8-5-2/h8,11,16,18,22,38,43,45,59H,4-7,9-10,12-15,17,19-21,23-37,39-42,44,46-58H2,1-3H3/b11-8-,18-16-,38-22-,45-43-. The molecule has 6 heteroatoms. The van der Waals surface area contributed by atoms with Crippen molar-refractivity contribution in [2.24, 2.45) is 0 Å². The average molecular weight is 954 g/mol. The lowest BCUT2D eigenvalue weighted by Crippen LogP contribution is -2.30. The Morgan fingerprint density at radius 1 is 0.309 bits per heavy atom. The fourth-order valence-corrected chi connectivity index (χ4v) is 8.67. The topological polar surface area (TPSA) is 78.9 Å². The summed E-state index contributed by atoms with van der Waals surface area (Å²) in [6, 6.07) is 0. The van der Waals surface area contributed by atoms with Gasteiger partial charge >= 0.3 is 17.9 Å². The molecule has 0 saturated heterocycles. The van der Waals surface area contributed by atoms with E-state index in [9.17, 15) is 14.4 Å². The second kappa shape index (κ2) is 57.0. The summed E-state index contributed by atoms with van der Waals surface area (Å²) >= 11 is 0. The number of carbonyl (C=O) groups is 3. The van der Waals surface area contributed by atoms with E-state index in [2.05, 4.69) is 69.4 Å². The molecular formula is C62H112O6. The summed E-state index contributed by atoms with van der Waals surface area (Å²) in [7, 11) is 0. The van der Waals surface area contributed by atoms with Gasteiger partial charge in [-0.15, -0.1) is 0 Å². The second-order valence-corrected chi connectivity index (χ2v) is 19.9. The molecule has 68 heavy (non-hydrogen) atoms. The number of hydrogen-bond donors (Lipinski definition) is 0. The maximum Gasteiger partial charge on any atom is 0.306 e. The van der Waals surface area contributed by atoms with Crippen LogP contribution < -0.4 is 0 Å². The van der Waals surface area contributed by atoms with Crippen molar-refractivity contribution in [2.45, 2.75) is 316 Å². The Bertz CT molecular complexity index is 1190. The molecule has 0 aliphatic rings. The van der Waals surface area contributed by atoms with Gasteiger partial charge in [0.05, 0.1) is 0 Å². The highest BCUT2D eigenvalue weighted by Crippen LogP contribution is 2.17. The molecule has 0 aliphatic carbocycles. The third-order valence-electron chi connectivity index (χ3n) is 13.1. The van der Waals surface area contributed by atoms with Gasteiger partial charge in [-0.25, -0.2) is 0 Å². The maximum atomic E-state index is 12.7. The maximum absolute atomic E-state index is 12.7. The van der Waals surface area contributed by atoms with Crippen LogP contribution in [0.15, 0.2) is 48.6 Å². The molecule has 0 bridgehead atoms. The first-order chi connectivity index (χ1) is 33.5. The lowest BCUT2D eigenvalue weighted by molar-refractivity contribution is -0.167. The first-order valence-corrected chi connectivity index (χ1v) is 29.6. The van der Waals surface area contributed by atoms with Crippen LogP contribution in [0.25, 0.3) is 0 Å². The first kappa shape index (κ1) is 65.4. The number of ether oxygens (including phenoxy) is 3. The van der Waals surface area contributed by atoms with Gasteiger partial charge in [-0.05, 0) is 57.8 Å². The molecule has 0 aromatic carbocycles. The fraction of sp³-hybridized carbons (Fsp3) is 0.823. The molecule has 0 aromatic heterocycles. The van der Waals surface area contributed by atoms with Crippen molar-refractivity contribution in [3.05, 3.63) is 48.6 Å². The summed E-state index contributed by atoms with van der Waals surface area (Å²) in [5.41, 5.74) is 0. The van der Waals surface area contributed by atoms with Crippen molar-refractivity contribution in [1.29, 1.82) is 0 Å². The Balaban J connectivity index is 3.95. The van der Waals surface area contributed by atoms with Crippen molar-refractivity contribution < 1.29 is 28.6 Å². The van der Waals surface area contributed by atoms with Crippen LogP contribution in [0.5, 0.6) is 0 Å². The fourth-order valence-electron chi connectivity index (χ4n) is 8.67. The lowest BCUT2D eigenvalue weighted by Gasteiger charge is -2.18. The van der Waals surface area contributed by atoms with Gasteiger partial charge < -0.3 is 14.2 Å². The highest BCUT2D eigenvalue weighted by molar-refractivity contribution is 5.71. The molecule has 6 nitrogen and oxygen atoms in total. The van der Waals surface area contributed by atoms with E-state index in [1.807, 2.05) is 0 Å². The van der Waals surface area contributed by atoms with Crippen molar-refractivity contribution in [3.63, 3.8) is 0 Å². The highest BCUT2D eigenvalue weighted by Gasteiger charge is 2.19. The second-order valence-electron chi connectivity index (χ2n) is 19.9. The number of allylic oxidation sites excluding steroid dienone is 8. The normalized spacial score (nSPS) is 12.3. The van der Waals surface area contributed by atoms with Gasteiger partial charge in [0.2, 0.25) is 0 Å². The highest BCUT2D eigenvalue weighted by atomic mass is 16.6. The Morgan fingerprint density at radius 2 is 0.574 bits per heavy atom.